The molecule has 2 heterocycles. The number of hydrogen-bond acceptors (Lipinski definition) is 4. The standard InChI is InChI=1S/C21H16Cl2N2S2/c22-16-8-7-13(10-17(16)23)12-27-21-15(11-24)20(19-6-3-9-26-19)14-4-1-2-5-18(14)25-21/h3,6-10H,1-2,4-5,12H2. The smallest absolute Gasteiger partial charge is 0.115 e. The molecule has 3 aromatic rings. The third-order valence-corrected chi connectivity index (χ3v) is 7.35. The van der Waals surface area contributed by atoms with Gasteiger partial charge in [-0.2, -0.15) is 5.26 Å². The lowest BCUT2D eigenvalue weighted by atomic mass is 9.89. The van der Waals surface area contributed by atoms with E-state index in [1.165, 1.54) is 5.56 Å². The molecule has 0 N–H and O–H groups in total. The first-order chi connectivity index (χ1) is 13.2. The number of nitrogens with zero attached hydrogens (tertiary/aromatic N) is 2. The largest absolute Gasteiger partial charge is 0.245 e. The Hall–Kier alpha value is -1.51. The van der Waals surface area contributed by atoms with Crippen LogP contribution >= 0.6 is 46.3 Å². The van der Waals surface area contributed by atoms with Crippen molar-refractivity contribution in [2.45, 2.75) is 36.5 Å². The molecule has 4 rings (SSSR count). The Labute approximate surface area is 177 Å². The van der Waals surface area contributed by atoms with Crippen molar-refractivity contribution in [2.24, 2.45) is 0 Å². The minimum absolute atomic E-state index is 0.549. The summed E-state index contributed by atoms with van der Waals surface area (Å²) in [5.74, 6) is 0.696. The summed E-state index contributed by atoms with van der Waals surface area (Å²) in [6.45, 7) is 0. The van der Waals surface area contributed by atoms with E-state index in [4.69, 9.17) is 28.2 Å². The monoisotopic (exact) mass is 430 g/mol. The molecule has 0 saturated heterocycles. The van der Waals surface area contributed by atoms with E-state index >= 15 is 0 Å². The van der Waals surface area contributed by atoms with Gasteiger partial charge in [-0.3, -0.25) is 0 Å². The van der Waals surface area contributed by atoms with Gasteiger partial charge in [0.1, 0.15) is 11.1 Å². The van der Waals surface area contributed by atoms with Crippen LogP contribution in [-0.4, -0.2) is 4.98 Å². The number of pyridine rings is 1. The van der Waals surface area contributed by atoms with E-state index in [1.807, 2.05) is 24.3 Å². The highest BCUT2D eigenvalue weighted by molar-refractivity contribution is 7.98. The van der Waals surface area contributed by atoms with E-state index in [0.29, 0.717) is 21.4 Å². The fourth-order valence-corrected chi connectivity index (χ4v) is 5.47. The highest BCUT2D eigenvalue weighted by Crippen LogP contribution is 2.40. The van der Waals surface area contributed by atoms with Crippen molar-refractivity contribution in [2.75, 3.05) is 0 Å². The van der Waals surface area contributed by atoms with Crippen molar-refractivity contribution < 1.29 is 0 Å². The Kier molecular flexibility index (Phi) is 5.75. The van der Waals surface area contributed by atoms with Crippen molar-refractivity contribution in [3.63, 3.8) is 0 Å². The van der Waals surface area contributed by atoms with Crippen LogP contribution in [0.25, 0.3) is 10.4 Å². The van der Waals surface area contributed by atoms with E-state index < -0.39 is 0 Å². The molecule has 2 nitrogen and oxygen atoms in total. The zero-order chi connectivity index (χ0) is 18.8. The fourth-order valence-electron chi connectivity index (χ4n) is 3.40. The van der Waals surface area contributed by atoms with Gasteiger partial charge in [-0.15, -0.1) is 23.1 Å². The van der Waals surface area contributed by atoms with Gasteiger partial charge in [-0.05, 0) is 60.4 Å². The molecule has 0 amide bonds. The van der Waals surface area contributed by atoms with Crippen LogP contribution in [0.3, 0.4) is 0 Å². The van der Waals surface area contributed by atoms with Crippen LogP contribution in [-0.2, 0) is 18.6 Å². The summed E-state index contributed by atoms with van der Waals surface area (Å²) >= 11 is 15.4. The van der Waals surface area contributed by atoms with Crippen LogP contribution in [0.2, 0.25) is 10.0 Å². The molecule has 0 bridgehead atoms. The topological polar surface area (TPSA) is 36.7 Å². The quantitative estimate of drug-likeness (QED) is 0.411. The molecule has 0 atom stereocenters. The van der Waals surface area contributed by atoms with Gasteiger partial charge >= 0.3 is 0 Å². The molecule has 0 fully saturated rings. The summed E-state index contributed by atoms with van der Waals surface area (Å²) in [5.41, 5.74) is 5.27. The van der Waals surface area contributed by atoms with Crippen molar-refractivity contribution >= 4 is 46.3 Å². The van der Waals surface area contributed by atoms with Gasteiger partial charge in [0.15, 0.2) is 0 Å². The van der Waals surface area contributed by atoms with Gasteiger partial charge in [-0.1, -0.05) is 35.3 Å². The van der Waals surface area contributed by atoms with Gasteiger partial charge < -0.3 is 0 Å². The van der Waals surface area contributed by atoms with Crippen molar-refractivity contribution in [3.05, 3.63) is 68.1 Å². The predicted octanol–water partition coefficient (Wildman–Crippen LogP) is 7.16. The molecule has 2 aromatic heterocycles. The van der Waals surface area contributed by atoms with Crippen molar-refractivity contribution in [1.82, 2.24) is 4.98 Å². The van der Waals surface area contributed by atoms with E-state index in [0.717, 1.165) is 52.4 Å². The molecule has 0 radical (unpaired) electrons. The molecule has 0 aliphatic heterocycles. The molecule has 0 saturated carbocycles. The first-order valence-corrected chi connectivity index (χ1v) is 11.4. The Morgan fingerprint density at radius 3 is 2.74 bits per heavy atom. The third kappa shape index (κ3) is 3.88. The van der Waals surface area contributed by atoms with Crippen LogP contribution in [0.1, 0.15) is 35.2 Å². The normalized spacial score (nSPS) is 13.2. The van der Waals surface area contributed by atoms with E-state index in [9.17, 15) is 5.26 Å². The third-order valence-electron chi connectivity index (χ3n) is 4.68. The Morgan fingerprint density at radius 2 is 2.00 bits per heavy atom. The Balaban J connectivity index is 1.75. The highest BCUT2D eigenvalue weighted by Gasteiger charge is 2.23. The molecular formula is C21H16Cl2N2S2. The fraction of sp³-hybridized carbons (Fsp3) is 0.238. The molecular weight excluding hydrogens is 415 g/mol. The lowest BCUT2D eigenvalue weighted by Gasteiger charge is -2.21. The predicted molar refractivity (Wildman–Crippen MR) is 115 cm³/mol. The molecule has 1 aliphatic carbocycles. The highest BCUT2D eigenvalue weighted by atomic mass is 35.5. The average Bonchev–Trinajstić information content (AvgIpc) is 3.22. The van der Waals surface area contributed by atoms with Crippen LogP contribution in [0.15, 0.2) is 40.7 Å². The average molecular weight is 431 g/mol. The van der Waals surface area contributed by atoms with Crippen LogP contribution in [0.4, 0.5) is 0 Å². The number of aromatic nitrogens is 1. The molecule has 0 unspecified atom stereocenters. The lowest BCUT2D eigenvalue weighted by Crippen LogP contribution is -2.10. The van der Waals surface area contributed by atoms with Crippen LogP contribution in [0.5, 0.6) is 0 Å². The Bertz CT molecular complexity index is 1020. The van der Waals surface area contributed by atoms with Crippen LogP contribution in [0, 0.1) is 11.3 Å². The maximum Gasteiger partial charge on any atom is 0.115 e. The second-order valence-corrected chi connectivity index (χ2v) is 9.15. The van der Waals surface area contributed by atoms with Crippen molar-refractivity contribution in [1.29, 1.82) is 5.26 Å². The Morgan fingerprint density at radius 1 is 1.15 bits per heavy atom. The summed E-state index contributed by atoms with van der Waals surface area (Å²) in [7, 11) is 0. The maximum atomic E-state index is 9.94. The molecule has 136 valence electrons. The zero-order valence-electron chi connectivity index (χ0n) is 14.5. The van der Waals surface area contributed by atoms with Gasteiger partial charge in [-0.25, -0.2) is 4.98 Å². The number of aryl methyl sites for hydroxylation is 1. The summed E-state index contributed by atoms with van der Waals surface area (Å²) < 4.78 is 0. The molecule has 1 aromatic carbocycles. The van der Waals surface area contributed by atoms with Gasteiger partial charge in [0.2, 0.25) is 0 Å². The van der Waals surface area contributed by atoms with Crippen LogP contribution < -0.4 is 0 Å². The molecule has 6 heteroatoms. The molecule has 27 heavy (non-hydrogen) atoms. The molecule has 0 spiro atoms. The molecule has 1 aliphatic rings. The summed E-state index contributed by atoms with van der Waals surface area (Å²) in [6, 6.07) is 12.2. The summed E-state index contributed by atoms with van der Waals surface area (Å²) in [5, 5.41) is 13.9. The first-order valence-electron chi connectivity index (χ1n) is 8.74. The number of benzene rings is 1. The number of nitriles is 1. The second kappa shape index (κ2) is 8.24. The lowest BCUT2D eigenvalue weighted by molar-refractivity contribution is 0.661. The zero-order valence-corrected chi connectivity index (χ0v) is 17.6. The number of rotatable bonds is 4. The number of hydrogen-bond donors (Lipinski definition) is 0. The summed E-state index contributed by atoms with van der Waals surface area (Å²) in [6.07, 6.45) is 4.31. The number of fused-ring (bicyclic) bond motifs is 1. The SMILES string of the molecule is N#Cc1c(SCc2ccc(Cl)c(Cl)c2)nc2c(c1-c1cccs1)CCCC2. The van der Waals surface area contributed by atoms with Gasteiger partial charge in [0.05, 0.1) is 15.6 Å². The van der Waals surface area contributed by atoms with Crippen molar-refractivity contribution in [3.8, 4) is 16.5 Å². The number of thioether (sulfide) groups is 1. The van der Waals surface area contributed by atoms with E-state index in [2.05, 4.69) is 17.5 Å². The maximum absolute atomic E-state index is 9.94. The second-order valence-electron chi connectivity index (χ2n) is 6.43. The summed E-state index contributed by atoms with van der Waals surface area (Å²) in [4.78, 5) is 6.05. The van der Waals surface area contributed by atoms with E-state index in [1.54, 1.807) is 23.1 Å². The number of thiophene rings is 1. The van der Waals surface area contributed by atoms with Gasteiger partial charge in [0, 0.05) is 21.9 Å². The number of halogens is 2. The minimum Gasteiger partial charge on any atom is -0.245 e. The van der Waals surface area contributed by atoms with Gasteiger partial charge in [0.25, 0.3) is 0 Å². The van der Waals surface area contributed by atoms with E-state index in [-0.39, 0.29) is 0 Å². The first kappa shape index (κ1) is 18.8. The minimum atomic E-state index is 0.549.